The van der Waals surface area contributed by atoms with Crippen molar-refractivity contribution in [2.24, 2.45) is 0 Å². The van der Waals surface area contributed by atoms with Crippen molar-refractivity contribution in [1.29, 1.82) is 0 Å². The van der Waals surface area contributed by atoms with Gasteiger partial charge in [0.15, 0.2) is 0 Å². The highest BCUT2D eigenvalue weighted by Gasteiger charge is 2.11. The second kappa shape index (κ2) is 8.09. The molecule has 0 bridgehead atoms. The Labute approximate surface area is 135 Å². The number of rotatable bonds is 6. The lowest BCUT2D eigenvalue weighted by atomic mass is 10.3. The average Bonchev–Trinajstić information content (AvgIpc) is 2.96. The number of carbonyl (C=O) groups excluding carboxylic acids is 2. The van der Waals surface area contributed by atoms with E-state index >= 15 is 0 Å². The number of hydrogen-bond acceptors (Lipinski definition) is 4. The van der Waals surface area contributed by atoms with Gasteiger partial charge in [0.25, 0.3) is 0 Å². The zero-order valence-corrected chi connectivity index (χ0v) is 13.3. The zero-order valence-electron chi connectivity index (χ0n) is 13.3. The van der Waals surface area contributed by atoms with Crippen molar-refractivity contribution in [3.8, 4) is 5.69 Å². The summed E-state index contributed by atoms with van der Waals surface area (Å²) in [6, 6.07) is 9.33. The van der Waals surface area contributed by atoms with Crippen LogP contribution in [0.3, 0.4) is 0 Å². The van der Waals surface area contributed by atoms with Gasteiger partial charge in [0.1, 0.15) is 0 Å². The maximum atomic E-state index is 11.7. The van der Waals surface area contributed by atoms with Gasteiger partial charge in [0.05, 0.1) is 18.4 Å². The molecule has 0 fully saturated rings. The molecule has 1 aromatic carbocycles. The lowest BCUT2D eigenvalue weighted by Crippen LogP contribution is -2.43. The lowest BCUT2D eigenvalue weighted by Gasteiger charge is -2.14. The van der Waals surface area contributed by atoms with Gasteiger partial charge in [0, 0.05) is 24.8 Å². The SMILES string of the molecule is CCNC(=O)NC(=O)CN(C)Cc1cnn(-c2ccccc2)c1. The average molecular weight is 315 g/mol. The summed E-state index contributed by atoms with van der Waals surface area (Å²) in [7, 11) is 1.82. The Morgan fingerprint density at radius 1 is 1.26 bits per heavy atom. The van der Waals surface area contributed by atoms with Gasteiger partial charge in [-0.3, -0.25) is 15.0 Å². The summed E-state index contributed by atoms with van der Waals surface area (Å²) in [5.74, 6) is -0.339. The van der Waals surface area contributed by atoms with Crippen molar-refractivity contribution < 1.29 is 9.59 Å². The van der Waals surface area contributed by atoms with E-state index in [1.54, 1.807) is 17.8 Å². The van der Waals surface area contributed by atoms with E-state index in [1.165, 1.54) is 0 Å². The minimum atomic E-state index is -0.470. The fraction of sp³-hybridized carbons (Fsp3) is 0.312. The number of para-hydroxylation sites is 1. The molecule has 0 spiro atoms. The third-order valence-corrected chi connectivity index (χ3v) is 3.11. The predicted octanol–water partition coefficient (Wildman–Crippen LogP) is 1.15. The van der Waals surface area contributed by atoms with Gasteiger partial charge in [-0.05, 0) is 26.1 Å². The number of aromatic nitrogens is 2. The molecule has 3 amide bonds. The first-order valence-corrected chi connectivity index (χ1v) is 7.43. The van der Waals surface area contributed by atoms with Crippen molar-refractivity contribution in [1.82, 2.24) is 25.3 Å². The van der Waals surface area contributed by atoms with Crippen molar-refractivity contribution in [3.63, 3.8) is 0 Å². The van der Waals surface area contributed by atoms with Crippen LogP contribution in [0.4, 0.5) is 4.79 Å². The van der Waals surface area contributed by atoms with Crippen LogP contribution in [0, 0.1) is 0 Å². The molecule has 0 radical (unpaired) electrons. The number of urea groups is 1. The number of carbonyl (C=O) groups is 2. The Kier molecular flexibility index (Phi) is 5.87. The number of imide groups is 1. The number of likely N-dealkylation sites (N-methyl/N-ethyl adjacent to an activating group) is 1. The summed E-state index contributed by atoms with van der Waals surface area (Å²) in [5, 5.41) is 9.11. The predicted molar refractivity (Wildman–Crippen MR) is 87.1 cm³/mol. The van der Waals surface area contributed by atoms with Crippen LogP contribution in [-0.2, 0) is 11.3 Å². The van der Waals surface area contributed by atoms with E-state index in [0.717, 1.165) is 11.3 Å². The van der Waals surface area contributed by atoms with E-state index in [9.17, 15) is 9.59 Å². The number of nitrogens with zero attached hydrogens (tertiary/aromatic N) is 3. The topological polar surface area (TPSA) is 79.3 Å². The second-order valence-corrected chi connectivity index (χ2v) is 5.21. The van der Waals surface area contributed by atoms with Crippen LogP contribution < -0.4 is 10.6 Å². The Morgan fingerprint density at radius 2 is 2.00 bits per heavy atom. The minimum Gasteiger partial charge on any atom is -0.338 e. The Balaban J connectivity index is 1.86. The summed E-state index contributed by atoms with van der Waals surface area (Å²) in [6.45, 7) is 2.97. The molecule has 0 aliphatic carbocycles. The molecular formula is C16H21N5O2. The molecule has 23 heavy (non-hydrogen) atoms. The van der Waals surface area contributed by atoms with Gasteiger partial charge in [-0.25, -0.2) is 9.48 Å². The summed E-state index contributed by atoms with van der Waals surface area (Å²) in [5.41, 5.74) is 1.97. The van der Waals surface area contributed by atoms with Gasteiger partial charge in [-0.2, -0.15) is 5.10 Å². The maximum Gasteiger partial charge on any atom is 0.321 e. The van der Waals surface area contributed by atoms with Crippen LogP contribution in [0.5, 0.6) is 0 Å². The van der Waals surface area contributed by atoms with Crippen LogP contribution in [0.25, 0.3) is 5.69 Å². The molecule has 0 saturated carbocycles. The fourth-order valence-corrected chi connectivity index (χ4v) is 2.15. The standard InChI is InChI=1S/C16H21N5O2/c1-3-17-16(23)19-15(22)12-20(2)10-13-9-18-21(11-13)14-7-5-4-6-8-14/h4-9,11H,3,10,12H2,1-2H3,(H2,17,19,22,23). The molecule has 2 rings (SSSR count). The van der Waals surface area contributed by atoms with E-state index in [0.29, 0.717) is 13.1 Å². The molecule has 0 saturated heterocycles. The quantitative estimate of drug-likeness (QED) is 0.838. The van der Waals surface area contributed by atoms with E-state index in [4.69, 9.17) is 0 Å². The number of amides is 3. The maximum absolute atomic E-state index is 11.7. The molecular weight excluding hydrogens is 294 g/mol. The molecule has 0 unspecified atom stereocenters. The van der Waals surface area contributed by atoms with Crippen molar-refractivity contribution in [2.45, 2.75) is 13.5 Å². The molecule has 122 valence electrons. The van der Waals surface area contributed by atoms with E-state index < -0.39 is 6.03 Å². The number of hydrogen-bond donors (Lipinski definition) is 2. The Morgan fingerprint density at radius 3 is 2.70 bits per heavy atom. The molecule has 2 aromatic rings. The van der Waals surface area contributed by atoms with Gasteiger partial charge < -0.3 is 5.32 Å². The van der Waals surface area contributed by atoms with Crippen LogP contribution in [0.2, 0.25) is 0 Å². The number of nitrogens with one attached hydrogen (secondary N) is 2. The Hall–Kier alpha value is -2.67. The van der Waals surface area contributed by atoms with Gasteiger partial charge in [0.2, 0.25) is 5.91 Å². The van der Waals surface area contributed by atoms with Crippen molar-refractivity contribution in [3.05, 3.63) is 48.3 Å². The van der Waals surface area contributed by atoms with Crippen molar-refractivity contribution in [2.75, 3.05) is 20.1 Å². The first-order chi connectivity index (χ1) is 11.1. The van der Waals surface area contributed by atoms with Gasteiger partial charge in [-0.1, -0.05) is 18.2 Å². The van der Waals surface area contributed by atoms with E-state index in [-0.39, 0.29) is 12.5 Å². The van der Waals surface area contributed by atoms with Crippen LogP contribution >= 0.6 is 0 Å². The summed E-state index contributed by atoms with van der Waals surface area (Å²) in [6.07, 6.45) is 3.69. The van der Waals surface area contributed by atoms with Crippen LogP contribution in [0.15, 0.2) is 42.7 Å². The Bertz CT molecular complexity index is 654. The molecule has 7 nitrogen and oxygen atoms in total. The number of benzene rings is 1. The minimum absolute atomic E-state index is 0.133. The third-order valence-electron chi connectivity index (χ3n) is 3.11. The molecule has 0 atom stereocenters. The van der Waals surface area contributed by atoms with Crippen molar-refractivity contribution >= 4 is 11.9 Å². The highest BCUT2D eigenvalue weighted by Crippen LogP contribution is 2.08. The van der Waals surface area contributed by atoms with Gasteiger partial charge in [-0.15, -0.1) is 0 Å². The zero-order chi connectivity index (χ0) is 16.7. The smallest absolute Gasteiger partial charge is 0.321 e. The van der Waals surface area contributed by atoms with E-state index in [2.05, 4.69) is 15.7 Å². The molecule has 0 aliphatic heterocycles. The molecule has 7 heteroatoms. The molecule has 1 heterocycles. The summed E-state index contributed by atoms with van der Waals surface area (Å²) < 4.78 is 1.79. The lowest BCUT2D eigenvalue weighted by molar-refractivity contribution is -0.120. The fourth-order valence-electron chi connectivity index (χ4n) is 2.15. The molecule has 1 aromatic heterocycles. The van der Waals surface area contributed by atoms with E-state index in [1.807, 2.05) is 48.5 Å². The van der Waals surface area contributed by atoms with Crippen LogP contribution in [0.1, 0.15) is 12.5 Å². The van der Waals surface area contributed by atoms with Gasteiger partial charge >= 0.3 is 6.03 Å². The first kappa shape index (κ1) is 16.7. The second-order valence-electron chi connectivity index (χ2n) is 5.21. The first-order valence-electron chi connectivity index (χ1n) is 7.43. The normalized spacial score (nSPS) is 10.6. The highest BCUT2D eigenvalue weighted by atomic mass is 16.2. The summed E-state index contributed by atoms with van der Waals surface area (Å²) in [4.78, 5) is 24.8. The summed E-state index contributed by atoms with van der Waals surface area (Å²) >= 11 is 0. The molecule has 0 aliphatic rings. The van der Waals surface area contributed by atoms with Crippen LogP contribution in [-0.4, -0.2) is 46.8 Å². The monoisotopic (exact) mass is 315 g/mol. The highest BCUT2D eigenvalue weighted by molar-refractivity contribution is 5.95. The molecule has 2 N–H and O–H groups in total. The largest absolute Gasteiger partial charge is 0.338 e. The third kappa shape index (κ3) is 5.23.